The first kappa shape index (κ1) is 17.9. The predicted molar refractivity (Wildman–Crippen MR) is 93.2 cm³/mol. The lowest BCUT2D eigenvalue weighted by Crippen LogP contribution is -2.29. The molecule has 4 heteroatoms. The van der Waals surface area contributed by atoms with Crippen LogP contribution in [-0.4, -0.2) is 11.7 Å². The van der Waals surface area contributed by atoms with Gasteiger partial charge in [-0.3, -0.25) is 0 Å². The van der Waals surface area contributed by atoms with Crippen molar-refractivity contribution in [3.05, 3.63) is 30.1 Å². The van der Waals surface area contributed by atoms with Crippen LogP contribution in [0.5, 0.6) is 0 Å². The van der Waals surface area contributed by atoms with E-state index in [2.05, 4.69) is 17.6 Å². The topological polar surface area (TPSA) is 24.1 Å². The molecule has 0 saturated heterocycles. The molecule has 0 aromatic heterocycles. The first-order valence-electron chi connectivity index (χ1n) is 8.03. The van der Waals surface area contributed by atoms with E-state index in [9.17, 15) is 4.39 Å². The number of hydrogen-bond donors (Lipinski definition) is 2. The van der Waals surface area contributed by atoms with Gasteiger partial charge in [0.05, 0.1) is 5.69 Å². The minimum Gasteiger partial charge on any atom is -0.362 e. The standard InChI is InChI=1S/C17H27FN2S/c1-2-3-4-5-6-7-8-11-14-19-17(21)20-16-13-10-9-12-15(16)18/h9-10,12-13H,2-8,11,14H2,1H3,(H2,19,20,21). The predicted octanol–water partition coefficient (Wildman–Crippen LogP) is 5.25. The Hall–Kier alpha value is -1.16. The Morgan fingerprint density at radius 3 is 2.29 bits per heavy atom. The number of hydrogen-bond acceptors (Lipinski definition) is 1. The van der Waals surface area contributed by atoms with E-state index in [-0.39, 0.29) is 5.82 Å². The van der Waals surface area contributed by atoms with Crippen LogP contribution in [0, 0.1) is 5.82 Å². The summed E-state index contributed by atoms with van der Waals surface area (Å²) >= 11 is 5.16. The maximum Gasteiger partial charge on any atom is 0.170 e. The number of halogens is 1. The highest BCUT2D eigenvalue weighted by atomic mass is 32.1. The van der Waals surface area contributed by atoms with Gasteiger partial charge in [0.25, 0.3) is 0 Å². The smallest absolute Gasteiger partial charge is 0.170 e. The fourth-order valence-corrected chi connectivity index (χ4v) is 2.40. The van der Waals surface area contributed by atoms with Crippen LogP contribution in [0.2, 0.25) is 0 Å². The Balaban J connectivity index is 2.00. The van der Waals surface area contributed by atoms with Crippen LogP contribution in [0.1, 0.15) is 58.3 Å². The van der Waals surface area contributed by atoms with Crippen LogP contribution in [0.25, 0.3) is 0 Å². The molecule has 0 aliphatic heterocycles. The first-order chi connectivity index (χ1) is 10.2. The fourth-order valence-electron chi connectivity index (χ4n) is 2.19. The molecule has 0 bridgehead atoms. The Kier molecular flexibility index (Phi) is 9.79. The highest BCUT2D eigenvalue weighted by molar-refractivity contribution is 7.80. The van der Waals surface area contributed by atoms with Crippen LogP contribution < -0.4 is 10.6 Å². The van der Waals surface area contributed by atoms with Gasteiger partial charge >= 0.3 is 0 Å². The number of benzene rings is 1. The first-order valence-corrected chi connectivity index (χ1v) is 8.44. The summed E-state index contributed by atoms with van der Waals surface area (Å²) in [5, 5.41) is 6.49. The van der Waals surface area contributed by atoms with Crippen molar-refractivity contribution in [2.24, 2.45) is 0 Å². The van der Waals surface area contributed by atoms with Gasteiger partial charge in [-0.25, -0.2) is 4.39 Å². The third-order valence-electron chi connectivity index (χ3n) is 3.44. The zero-order chi connectivity index (χ0) is 15.3. The number of anilines is 1. The van der Waals surface area contributed by atoms with Crippen molar-refractivity contribution in [3.63, 3.8) is 0 Å². The molecular formula is C17H27FN2S. The Morgan fingerprint density at radius 1 is 1.00 bits per heavy atom. The van der Waals surface area contributed by atoms with Crippen LogP contribution in [0.3, 0.4) is 0 Å². The maximum atomic E-state index is 13.4. The molecule has 0 amide bonds. The Bertz CT molecular complexity index is 410. The summed E-state index contributed by atoms with van der Waals surface area (Å²) in [6, 6.07) is 6.55. The summed E-state index contributed by atoms with van der Waals surface area (Å²) in [7, 11) is 0. The van der Waals surface area contributed by atoms with E-state index in [0.29, 0.717) is 10.8 Å². The number of nitrogens with one attached hydrogen (secondary N) is 2. The molecule has 0 spiro atoms. The molecule has 2 N–H and O–H groups in total. The summed E-state index contributed by atoms with van der Waals surface area (Å²) < 4.78 is 13.4. The van der Waals surface area contributed by atoms with Crippen molar-refractivity contribution >= 4 is 23.0 Å². The molecule has 1 aromatic rings. The lowest BCUT2D eigenvalue weighted by molar-refractivity contribution is 0.573. The van der Waals surface area contributed by atoms with E-state index in [4.69, 9.17) is 12.2 Å². The molecule has 0 atom stereocenters. The Labute approximate surface area is 133 Å². The zero-order valence-electron chi connectivity index (χ0n) is 13.0. The molecule has 21 heavy (non-hydrogen) atoms. The molecule has 0 unspecified atom stereocenters. The van der Waals surface area contributed by atoms with Gasteiger partial charge in [-0.05, 0) is 30.8 Å². The third-order valence-corrected chi connectivity index (χ3v) is 3.68. The fraction of sp³-hybridized carbons (Fsp3) is 0.588. The summed E-state index contributed by atoms with van der Waals surface area (Å²) in [6.45, 7) is 3.08. The second-order valence-electron chi connectivity index (χ2n) is 5.34. The average Bonchev–Trinajstić information content (AvgIpc) is 2.48. The summed E-state index contributed by atoms with van der Waals surface area (Å²) in [4.78, 5) is 0. The second kappa shape index (κ2) is 11.5. The van der Waals surface area contributed by atoms with Gasteiger partial charge < -0.3 is 10.6 Å². The normalized spacial score (nSPS) is 10.4. The second-order valence-corrected chi connectivity index (χ2v) is 5.74. The quantitative estimate of drug-likeness (QED) is 0.456. The minimum atomic E-state index is -0.284. The molecule has 1 aromatic carbocycles. The van der Waals surface area contributed by atoms with Crippen molar-refractivity contribution in [1.82, 2.24) is 5.32 Å². The molecule has 0 fully saturated rings. The molecule has 0 radical (unpaired) electrons. The van der Waals surface area contributed by atoms with Crippen molar-refractivity contribution in [1.29, 1.82) is 0 Å². The molecule has 118 valence electrons. The third kappa shape index (κ3) is 8.66. The van der Waals surface area contributed by atoms with Gasteiger partial charge in [0.1, 0.15) is 5.82 Å². The highest BCUT2D eigenvalue weighted by Gasteiger charge is 2.02. The van der Waals surface area contributed by atoms with Crippen LogP contribution in [-0.2, 0) is 0 Å². The van der Waals surface area contributed by atoms with Crippen molar-refractivity contribution in [2.75, 3.05) is 11.9 Å². The molecule has 0 aliphatic carbocycles. The van der Waals surface area contributed by atoms with Gasteiger partial charge in [-0.15, -0.1) is 0 Å². The lowest BCUT2D eigenvalue weighted by Gasteiger charge is -2.11. The highest BCUT2D eigenvalue weighted by Crippen LogP contribution is 2.12. The van der Waals surface area contributed by atoms with Gasteiger partial charge in [0.2, 0.25) is 0 Å². The van der Waals surface area contributed by atoms with Crippen molar-refractivity contribution in [2.45, 2.75) is 58.3 Å². The molecule has 0 aliphatic rings. The van der Waals surface area contributed by atoms with Crippen molar-refractivity contribution in [3.8, 4) is 0 Å². The zero-order valence-corrected chi connectivity index (χ0v) is 13.8. The number of thiocarbonyl (C=S) groups is 1. The minimum absolute atomic E-state index is 0.284. The van der Waals surface area contributed by atoms with E-state index >= 15 is 0 Å². The SMILES string of the molecule is CCCCCCCCCCNC(=S)Nc1ccccc1F. The van der Waals surface area contributed by atoms with E-state index < -0.39 is 0 Å². The summed E-state index contributed by atoms with van der Waals surface area (Å²) in [6.07, 6.45) is 10.3. The van der Waals surface area contributed by atoms with Crippen LogP contribution in [0.15, 0.2) is 24.3 Å². The van der Waals surface area contributed by atoms with Crippen LogP contribution in [0.4, 0.5) is 10.1 Å². The molecule has 2 nitrogen and oxygen atoms in total. The lowest BCUT2D eigenvalue weighted by atomic mass is 10.1. The van der Waals surface area contributed by atoms with Crippen LogP contribution >= 0.6 is 12.2 Å². The molecule has 0 saturated carbocycles. The average molecular weight is 310 g/mol. The number of unbranched alkanes of at least 4 members (excludes halogenated alkanes) is 7. The van der Waals surface area contributed by atoms with E-state index in [1.807, 2.05) is 0 Å². The maximum absolute atomic E-state index is 13.4. The monoisotopic (exact) mass is 310 g/mol. The van der Waals surface area contributed by atoms with Gasteiger partial charge in [0, 0.05) is 6.54 Å². The van der Waals surface area contributed by atoms with Gasteiger partial charge in [0.15, 0.2) is 5.11 Å². The summed E-state index contributed by atoms with van der Waals surface area (Å²) in [5.74, 6) is -0.284. The van der Waals surface area contributed by atoms with E-state index in [0.717, 1.165) is 13.0 Å². The van der Waals surface area contributed by atoms with Crippen molar-refractivity contribution < 1.29 is 4.39 Å². The van der Waals surface area contributed by atoms with E-state index in [1.54, 1.807) is 18.2 Å². The number of para-hydroxylation sites is 1. The van der Waals surface area contributed by atoms with E-state index in [1.165, 1.54) is 51.0 Å². The summed E-state index contributed by atoms with van der Waals surface area (Å²) in [5.41, 5.74) is 0.422. The number of rotatable bonds is 10. The van der Waals surface area contributed by atoms with Gasteiger partial charge in [-0.2, -0.15) is 0 Å². The Morgan fingerprint density at radius 2 is 1.62 bits per heavy atom. The molecule has 0 heterocycles. The molecule has 1 rings (SSSR count). The molecular weight excluding hydrogens is 283 g/mol. The largest absolute Gasteiger partial charge is 0.362 e. The van der Waals surface area contributed by atoms with Gasteiger partial charge in [-0.1, -0.05) is 64.0 Å².